The molecule has 3 rings (SSSR count). The summed E-state index contributed by atoms with van der Waals surface area (Å²) in [5.74, 6) is 0. The van der Waals surface area contributed by atoms with E-state index in [1.807, 2.05) is 0 Å². The first kappa shape index (κ1) is 16.7. The van der Waals surface area contributed by atoms with Gasteiger partial charge in [-0.05, 0) is 30.5 Å². The number of nitrogens with zero attached hydrogens (tertiary/aromatic N) is 1. The van der Waals surface area contributed by atoms with Gasteiger partial charge >= 0.3 is 0 Å². The van der Waals surface area contributed by atoms with Crippen molar-refractivity contribution in [2.24, 2.45) is 0 Å². The number of aryl methyl sites for hydroxylation is 1. The van der Waals surface area contributed by atoms with Crippen molar-refractivity contribution in [3.8, 4) is 0 Å². The van der Waals surface area contributed by atoms with Crippen LogP contribution in [0.3, 0.4) is 0 Å². The molecule has 0 aliphatic heterocycles. The zero-order valence-corrected chi connectivity index (χ0v) is 14.5. The third-order valence-corrected chi connectivity index (χ3v) is 4.60. The molecule has 24 heavy (non-hydrogen) atoms. The lowest BCUT2D eigenvalue weighted by molar-refractivity contribution is 0.238. The second-order valence-electron chi connectivity index (χ2n) is 6.46. The van der Waals surface area contributed by atoms with Gasteiger partial charge in [-0.1, -0.05) is 55.0 Å². The Hall–Kier alpha value is -2.10. The van der Waals surface area contributed by atoms with Gasteiger partial charge in [-0.15, -0.1) is 0 Å². The van der Waals surface area contributed by atoms with E-state index < -0.39 is 0 Å². The molecule has 0 bridgehead atoms. The van der Waals surface area contributed by atoms with Crippen LogP contribution in [-0.2, 0) is 13.1 Å². The van der Waals surface area contributed by atoms with Gasteiger partial charge in [0.2, 0.25) is 0 Å². The van der Waals surface area contributed by atoms with Crippen molar-refractivity contribution in [2.75, 3.05) is 6.61 Å². The quantitative estimate of drug-likeness (QED) is 0.693. The van der Waals surface area contributed by atoms with E-state index >= 15 is 0 Å². The molecule has 3 aromatic rings. The van der Waals surface area contributed by atoms with Gasteiger partial charge < -0.3 is 15.0 Å². The van der Waals surface area contributed by atoms with E-state index in [2.05, 4.69) is 78.5 Å². The smallest absolute Gasteiger partial charge is 0.0584 e. The average molecular weight is 322 g/mol. The van der Waals surface area contributed by atoms with E-state index in [4.69, 9.17) is 0 Å². The van der Waals surface area contributed by atoms with Crippen LogP contribution in [0.4, 0.5) is 0 Å². The molecule has 0 spiro atoms. The fourth-order valence-electron chi connectivity index (χ4n) is 3.19. The molecule has 1 atom stereocenters. The molecule has 0 unspecified atom stereocenters. The van der Waals surface area contributed by atoms with Crippen molar-refractivity contribution in [1.82, 2.24) is 9.88 Å². The van der Waals surface area contributed by atoms with Gasteiger partial charge in [0.05, 0.1) is 6.61 Å². The van der Waals surface area contributed by atoms with E-state index in [9.17, 15) is 5.11 Å². The second kappa shape index (κ2) is 7.65. The van der Waals surface area contributed by atoms with Crippen molar-refractivity contribution in [3.05, 3.63) is 71.4 Å². The summed E-state index contributed by atoms with van der Waals surface area (Å²) in [6.45, 7) is 6.06. The molecule has 0 saturated heterocycles. The molecule has 2 N–H and O–H groups in total. The van der Waals surface area contributed by atoms with Crippen molar-refractivity contribution in [1.29, 1.82) is 0 Å². The minimum absolute atomic E-state index is 0.156. The fraction of sp³-hybridized carbons (Fsp3) is 0.333. The summed E-state index contributed by atoms with van der Waals surface area (Å²) >= 11 is 0. The fourth-order valence-corrected chi connectivity index (χ4v) is 3.19. The van der Waals surface area contributed by atoms with Gasteiger partial charge in [0.25, 0.3) is 0 Å². The topological polar surface area (TPSA) is 37.2 Å². The van der Waals surface area contributed by atoms with Crippen LogP contribution in [0.25, 0.3) is 10.9 Å². The predicted octanol–water partition coefficient (Wildman–Crippen LogP) is 3.86. The molecule has 2 aromatic carbocycles. The average Bonchev–Trinajstić information content (AvgIpc) is 2.94. The Morgan fingerprint density at radius 2 is 1.96 bits per heavy atom. The number of aliphatic hydroxyl groups excluding tert-OH is 1. The first-order valence-electron chi connectivity index (χ1n) is 8.67. The van der Waals surface area contributed by atoms with E-state index in [0.29, 0.717) is 0 Å². The second-order valence-corrected chi connectivity index (χ2v) is 6.46. The van der Waals surface area contributed by atoms with Crippen LogP contribution in [0.2, 0.25) is 0 Å². The molecule has 3 heteroatoms. The molecular formula is C21H26N2O. The number of rotatable bonds is 7. The highest BCUT2D eigenvalue weighted by atomic mass is 16.3. The van der Waals surface area contributed by atoms with Crippen LogP contribution in [-0.4, -0.2) is 22.3 Å². The number of nitrogens with one attached hydrogen (secondary N) is 1. The Bertz CT molecular complexity index is 802. The number of aliphatic hydroxyl groups is 1. The Morgan fingerprint density at radius 3 is 2.71 bits per heavy atom. The van der Waals surface area contributed by atoms with E-state index in [0.717, 1.165) is 19.5 Å². The molecule has 0 fully saturated rings. The van der Waals surface area contributed by atoms with Gasteiger partial charge in [-0.2, -0.15) is 0 Å². The zero-order valence-electron chi connectivity index (χ0n) is 14.5. The molecule has 3 nitrogen and oxygen atoms in total. The Labute approximate surface area is 143 Å². The monoisotopic (exact) mass is 322 g/mol. The molecule has 0 aliphatic rings. The SMILES string of the molecule is CC[C@@H](CO)NCc1cn(Cc2cccc(C)c2)c2ccccc12. The lowest BCUT2D eigenvalue weighted by atomic mass is 10.1. The van der Waals surface area contributed by atoms with Gasteiger partial charge in [0.1, 0.15) is 0 Å². The number of hydrogen-bond acceptors (Lipinski definition) is 2. The van der Waals surface area contributed by atoms with Crippen LogP contribution in [0.1, 0.15) is 30.0 Å². The third-order valence-electron chi connectivity index (χ3n) is 4.60. The predicted molar refractivity (Wildman–Crippen MR) is 100 cm³/mol. The number of fused-ring (bicyclic) bond motifs is 1. The van der Waals surface area contributed by atoms with E-state index in [-0.39, 0.29) is 12.6 Å². The van der Waals surface area contributed by atoms with Crippen LogP contribution in [0.15, 0.2) is 54.7 Å². The largest absolute Gasteiger partial charge is 0.395 e. The van der Waals surface area contributed by atoms with E-state index in [1.54, 1.807) is 0 Å². The lowest BCUT2D eigenvalue weighted by Gasteiger charge is -2.13. The summed E-state index contributed by atoms with van der Waals surface area (Å²) < 4.78 is 2.32. The summed E-state index contributed by atoms with van der Waals surface area (Å²) in [7, 11) is 0. The minimum Gasteiger partial charge on any atom is -0.395 e. The molecule has 126 valence electrons. The maximum Gasteiger partial charge on any atom is 0.0584 e. The normalized spacial score (nSPS) is 12.6. The third kappa shape index (κ3) is 3.69. The molecule has 0 aliphatic carbocycles. The number of benzene rings is 2. The van der Waals surface area contributed by atoms with Crippen molar-refractivity contribution in [3.63, 3.8) is 0 Å². The summed E-state index contributed by atoms with van der Waals surface area (Å²) in [5.41, 5.74) is 5.15. The first-order chi connectivity index (χ1) is 11.7. The molecule has 0 radical (unpaired) electrons. The lowest BCUT2D eigenvalue weighted by Crippen LogP contribution is -2.31. The summed E-state index contributed by atoms with van der Waals surface area (Å²) in [4.78, 5) is 0. The number of hydrogen-bond donors (Lipinski definition) is 2. The number of para-hydroxylation sites is 1. The van der Waals surface area contributed by atoms with Crippen LogP contribution >= 0.6 is 0 Å². The van der Waals surface area contributed by atoms with Crippen molar-refractivity contribution >= 4 is 10.9 Å². The van der Waals surface area contributed by atoms with Crippen molar-refractivity contribution in [2.45, 2.75) is 39.4 Å². The summed E-state index contributed by atoms with van der Waals surface area (Å²) in [6.07, 6.45) is 3.17. The molecule has 0 saturated carbocycles. The summed E-state index contributed by atoms with van der Waals surface area (Å²) in [6, 6.07) is 17.4. The Morgan fingerprint density at radius 1 is 1.12 bits per heavy atom. The van der Waals surface area contributed by atoms with E-state index in [1.165, 1.54) is 27.6 Å². The first-order valence-corrected chi connectivity index (χ1v) is 8.67. The highest BCUT2D eigenvalue weighted by Crippen LogP contribution is 2.22. The van der Waals surface area contributed by atoms with Crippen LogP contribution in [0, 0.1) is 6.92 Å². The van der Waals surface area contributed by atoms with Gasteiger partial charge in [0.15, 0.2) is 0 Å². The Kier molecular flexibility index (Phi) is 5.34. The maximum atomic E-state index is 9.38. The standard InChI is InChI=1S/C21H26N2O/c1-3-19(15-24)22-12-18-14-23(21-10-5-4-9-20(18)21)13-17-8-6-7-16(2)11-17/h4-11,14,19,22,24H,3,12-13,15H2,1-2H3/t19-/m0/s1. The minimum atomic E-state index is 0.156. The molecule has 1 aromatic heterocycles. The molecule has 0 amide bonds. The summed E-state index contributed by atoms with van der Waals surface area (Å²) in [5, 5.41) is 14.1. The molecule has 1 heterocycles. The highest BCUT2D eigenvalue weighted by molar-refractivity contribution is 5.84. The molecular weight excluding hydrogens is 296 g/mol. The zero-order chi connectivity index (χ0) is 16.9. The van der Waals surface area contributed by atoms with Gasteiger partial charge in [-0.3, -0.25) is 0 Å². The van der Waals surface area contributed by atoms with Gasteiger partial charge in [0, 0.05) is 36.2 Å². The van der Waals surface area contributed by atoms with Crippen LogP contribution < -0.4 is 5.32 Å². The highest BCUT2D eigenvalue weighted by Gasteiger charge is 2.10. The maximum absolute atomic E-state index is 9.38. The van der Waals surface area contributed by atoms with Crippen molar-refractivity contribution < 1.29 is 5.11 Å². The van der Waals surface area contributed by atoms with Gasteiger partial charge in [-0.25, -0.2) is 0 Å². The number of aromatic nitrogens is 1. The van der Waals surface area contributed by atoms with Crippen LogP contribution in [0.5, 0.6) is 0 Å². The Balaban J connectivity index is 1.88.